The molecule has 1 aliphatic rings. The molecule has 0 aliphatic carbocycles. The molecule has 1 aromatic carbocycles. The molecule has 2 unspecified atom stereocenters. The Morgan fingerprint density at radius 2 is 2.21 bits per heavy atom. The van der Waals surface area contributed by atoms with E-state index >= 15 is 0 Å². The van der Waals surface area contributed by atoms with Crippen molar-refractivity contribution in [2.45, 2.75) is 25.4 Å². The van der Waals surface area contributed by atoms with Gasteiger partial charge < -0.3 is 10.6 Å². The summed E-state index contributed by atoms with van der Waals surface area (Å²) in [5.74, 6) is -0.180. The Balaban J connectivity index is 2.01. The molecule has 2 nitrogen and oxygen atoms in total. The smallest absolute Gasteiger partial charge is 0.125 e. The van der Waals surface area contributed by atoms with Crippen LogP contribution in [0.5, 0.6) is 0 Å². The quantitative estimate of drug-likeness (QED) is 0.931. The predicted molar refractivity (Wildman–Crippen MR) is 78.2 cm³/mol. The van der Waals surface area contributed by atoms with Gasteiger partial charge in [0.05, 0.1) is 6.04 Å². The normalized spacial score (nSPS) is 17.3. The van der Waals surface area contributed by atoms with Crippen LogP contribution in [-0.2, 0) is 6.42 Å². The fraction of sp³-hybridized carbons (Fsp3) is 0.333. The third-order valence-corrected chi connectivity index (χ3v) is 4.59. The number of nitrogens with zero attached hydrogens (tertiary/aromatic N) is 1. The lowest BCUT2D eigenvalue weighted by atomic mass is 10.1. The van der Waals surface area contributed by atoms with Gasteiger partial charge in [-0.15, -0.1) is 11.3 Å². The van der Waals surface area contributed by atoms with Gasteiger partial charge in [-0.3, -0.25) is 0 Å². The van der Waals surface area contributed by atoms with Gasteiger partial charge in [0.1, 0.15) is 5.82 Å². The van der Waals surface area contributed by atoms with Crippen LogP contribution in [0.4, 0.5) is 10.1 Å². The summed E-state index contributed by atoms with van der Waals surface area (Å²) in [5, 5.41) is 2.06. The Morgan fingerprint density at radius 1 is 1.37 bits per heavy atom. The van der Waals surface area contributed by atoms with Crippen molar-refractivity contribution in [1.29, 1.82) is 0 Å². The van der Waals surface area contributed by atoms with E-state index in [4.69, 9.17) is 5.73 Å². The Labute approximate surface area is 116 Å². The third-order valence-electron chi connectivity index (χ3n) is 3.65. The van der Waals surface area contributed by atoms with E-state index < -0.39 is 0 Å². The molecule has 1 aliphatic heterocycles. The maximum absolute atomic E-state index is 13.5. The Kier molecular flexibility index (Phi) is 3.29. The molecule has 0 saturated carbocycles. The summed E-state index contributed by atoms with van der Waals surface area (Å²) < 4.78 is 13.5. The number of anilines is 1. The minimum Gasteiger partial charge on any atom is -0.361 e. The maximum atomic E-state index is 13.5. The lowest BCUT2D eigenvalue weighted by Crippen LogP contribution is -2.38. The van der Waals surface area contributed by atoms with Gasteiger partial charge >= 0.3 is 0 Å². The van der Waals surface area contributed by atoms with Crippen LogP contribution in [0.3, 0.4) is 0 Å². The highest BCUT2D eigenvalue weighted by Crippen LogP contribution is 2.38. The fourth-order valence-corrected chi connectivity index (χ4v) is 3.77. The molecular weight excluding hydrogens is 259 g/mol. The van der Waals surface area contributed by atoms with E-state index in [2.05, 4.69) is 16.3 Å². The molecule has 2 aromatic rings. The molecule has 2 heterocycles. The van der Waals surface area contributed by atoms with E-state index in [-0.39, 0.29) is 17.9 Å². The van der Waals surface area contributed by atoms with Gasteiger partial charge in [0, 0.05) is 23.2 Å². The zero-order valence-electron chi connectivity index (χ0n) is 10.8. The van der Waals surface area contributed by atoms with Gasteiger partial charge in [0.25, 0.3) is 0 Å². The molecule has 3 rings (SSSR count). The molecular formula is C15H17FN2S. The summed E-state index contributed by atoms with van der Waals surface area (Å²) in [6.45, 7) is 2.92. The highest BCUT2D eigenvalue weighted by molar-refractivity contribution is 7.10. The van der Waals surface area contributed by atoms with Crippen LogP contribution in [0.15, 0.2) is 35.7 Å². The first-order valence-electron chi connectivity index (χ1n) is 6.51. The van der Waals surface area contributed by atoms with Gasteiger partial charge in [0.2, 0.25) is 0 Å². The fourth-order valence-electron chi connectivity index (χ4n) is 2.82. The van der Waals surface area contributed by atoms with E-state index in [0.29, 0.717) is 0 Å². The van der Waals surface area contributed by atoms with Crippen molar-refractivity contribution < 1.29 is 4.39 Å². The topological polar surface area (TPSA) is 29.3 Å². The van der Waals surface area contributed by atoms with Crippen molar-refractivity contribution in [2.75, 3.05) is 11.4 Å². The molecule has 2 atom stereocenters. The van der Waals surface area contributed by atoms with E-state index in [9.17, 15) is 4.39 Å². The van der Waals surface area contributed by atoms with E-state index in [1.807, 2.05) is 19.1 Å². The van der Waals surface area contributed by atoms with E-state index in [1.165, 1.54) is 16.5 Å². The third kappa shape index (κ3) is 2.26. The van der Waals surface area contributed by atoms with Crippen LogP contribution in [0.1, 0.15) is 23.4 Å². The summed E-state index contributed by atoms with van der Waals surface area (Å²) in [4.78, 5) is 3.49. The highest BCUT2D eigenvalue weighted by Gasteiger charge is 2.30. The Bertz CT molecular complexity index is 566. The first kappa shape index (κ1) is 12.6. The Hall–Kier alpha value is -1.39. The largest absolute Gasteiger partial charge is 0.361 e. The first-order chi connectivity index (χ1) is 9.16. The predicted octanol–water partition coefficient (Wildman–Crippen LogP) is 3.34. The summed E-state index contributed by atoms with van der Waals surface area (Å²) in [6, 6.07) is 9.33. The van der Waals surface area contributed by atoms with Crippen LogP contribution in [0.2, 0.25) is 0 Å². The summed E-state index contributed by atoms with van der Waals surface area (Å²) in [5.41, 5.74) is 8.38. The number of hydrogen-bond donors (Lipinski definition) is 1. The number of rotatable bonds is 3. The second-order valence-corrected chi connectivity index (χ2v) is 6.02. The zero-order valence-corrected chi connectivity index (χ0v) is 11.7. The number of nitrogens with two attached hydrogens (primary N) is 1. The van der Waals surface area contributed by atoms with Crippen molar-refractivity contribution in [3.05, 3.63) is 52.0 Å². The molecule has 0 amide bonds. The van der Waals surface area contributed by atoms with Crippen LogP contribution < -0.4 is 10.6 Å². The molecule has 1 aromatic heterocycles. The number of thiophene rings is 1. The molecule has 0 radical (unpaired) electrons. The van der Waals surface area contributed by atoms with Gasteiger partial charge in [-0.2, -0.15) is 0 Å². The van der Waals surface area contributed by atoms with Crippen LogP contribution in [0, 0.1) is 5.82 Å². The van der Waals surface area contributed by atoms with Crippen molar-refractivity contribution in [3.8, 4) is 0 Å². The maximum Gasteiger partial charge on any atom is 0.125 e. The SMILES string of the molecule is CC(N)C(c1cccs1)N1CCc2ccc(F)cc21. The molecule has 2 N–H and O–H groups in total. The molecule has 0 saturated heterocycles. The van der Waals surface area contributed by atoms with Gasteiger partial charge in [-0.25, -0.2) is 4.39 Å². The van der Waals surface area contributed by atoms with Gasteiger partial charge in [-0.1, -0.05) is 12.1 Å². The zero-order chi connectivity index (χ0) is 13.4. The summed E-state index contributed by atoms with van der Waals surface area (Å²) in [7, 11) is 0. The second-order valence-electron chi connectivity index (χ2n) is 5.04. The number of benzene rings is 1. The van der Waals surface area contributed by atoms with Crippen LogP contribution in [0.25, 0.3) is 0 Å². The number of fused-ring (bicyclic) bond motifs is 1. The summed E-state index contributed by atoms with van der Waals surface area (Å²) in [6.07, 6.45) is 0.963. The minimum absolute atomic E-state index is 0.00728. The van der Waals surface area contributed by atoms with Crippen molar-refractivity contribution >= 4 is 17.0 Å². The number of hydrogen-bond acceptors (Lipinski definition) is 3. The highest BCUT2D eigenvalue weighted by atomic mass is 32.1. The van der Waals surface area contributed by atoms with E-state index in [0.717, 1.165) is 18.7 Å². The molecule has 0 spiro atoms. The van der Waals surface area contributed by atoms with Crippen LogP contribution >= 0.6 is 11.3 Å². The van der Waals surface area contributed by atoms with E-state index in [1.54, 1.807) is 17.4 Å². The molecule has 0 fully saturated rings. The van der Waals surface area contributed by atoms with Crippen molar-refractivity contribution in [3.63, 3.8) is 0 Å². The minimum atomic E-state index is -0.180. The lowest BCUT2D eigenvalue weighted by molar-refractivity contribution is 0.548. The van der Waals surface area contributed by atoms with Crippen LogP contribution in [-0.4, -0.2) is 12.6 Å². The lowest BCUT2D eigenvalue weighted by Gasteiger charge is -2.32. The average molecular weight is 276 g/mol. The van der Waals surface area contributed by atoms with Crippen molar-refractivity contribution in [2.24, 2.45) is 5.73 Å². The summed E-state index contributed by atoms with van der Waals surface area (Å²) >= 11 is 1.71. The Morgan fingerprint density at radius 3 is 2.89 bits per heavy atom. The number of halogens is 1. The van der Waals surface area contributed by atoms with Gasteiger partial charge in [-0.05, 0) is 42.5 Å². The standard InChI is InChI=1S/C15H17FN2S/c1-10(17)15(14-3-2-8-19-14)18-7-6-11-4-5-12(16)9-13(11)18/h2-5,8-10,15H,6-7,17H2,1H3. The molecule has 0 bridgehead atoms. The van der Waals surface area contributed by atoms with Gasteiger partial charge in [0.15, 0.2) is 0 Å². The molecule has 19 heavy (non-hydrogen) atoms. The monoisotopic (exact) mass is 276 g/mol. The first-order valence-corrected chi connectivity index (χ1v) is 7.39. The molecule has 4 heteroatoms. The second kappa shape index (κ2) is 4.94. The van der Waals surface area contributed by atoms with Crippen molar-refractivity contribution in [1.82, 2.24) is 0 Å². The molecule has 100 valence electrons. The average Bonchev–Trinajstić information content (AvgIpc) is 3.00.